The molecule has 3 saturated heterocycles. The summed E-state index contributed by atoms with van der Waals surface area (Å²) in [6.07, 6.45) is 2.40. The van der Waals surface area contributed by atoms with Crippen LogP contribution in [0.4, 0.5) is 0 Å². The van der Waals surface area contributed by atoms with Crippen LogP contribution in [0.15, 0.2) is 24.3 Å². The molecule has 0 radical (unpaired) electrons. The van der Waals surface area contributed by atoms with E-state index >= 15 is 0 Å². The van der Waals surface area contributed by atoms with Gasteiger partial charge in [0.1, 0.15) is 5.75 Å². The number of ether oxygens (including phenoxy) is 2. The van der Waals surface area contributed by atoms with Crippen LogP contribution in [0.25, 0.3) is 0 Å². The first kappa shape index (κ1) is 19.2. The van der Waals surface area contributed by atoms with Gasteiger partial charge in [0, 0.05) is 70.1 Å². The summed E-state index contributed by atoms with van der Waals surface area (Å²) in [5.41, 5.74) is 1.61. The van der Waals surface area contributed by atoms with Gasteiger partial charge in [-0.3, -0.25) is 14.7 Å². The first-order valence-corrected chi connectivity index (χ1v) is 10.5. The van der Waals surface area contributed by atoms with Gasteiger partial charge in [0.2, 0.25) is 0 Å². The summed E-state index contributed by atoms with van der Waals surface area (Å²) in [4.78, 5) is 8.17. The maximum atomic E-state index is 5.58. The smallest absolute Gasteiger partial charge is 0.118 e. The van der Waals surface area contributed by atoms with E-state index in [9.17, 15) is 0 Å². The van der Waals surface area contributed by atoms with Crippen LogP contribution in [-0.2, 0) is 11.3 Å². The lowest BCUT2D eigenvalue weighted by atomic mass is 9.91. The van der Waals surface area contributed by atoms with Crippen LogP contribution in [-0.4, -0.2) is 85.4 Å². The molecule has 5 nitrogen and oxygen atoms in total. The van der Waals surface area contributed by atoms with E-state index in [1.54, 1.807) is 7.11 Å². The third-order valence-electron chi connectivity index (χ3n) is 6.64. The second-order valence-corrected chi connectivity index (χ2v) is 9.02. The van der Waals surface area contributed by atoms with E-state index < -0.39 is 0 Å². The summed E-state index contributed by atoms with van der Waals surface area (Å²) in [6.45, 7) is 13.6. The van der Waals surface area contributed by atoms with Crippen molar-refractivity contribution in [2.75, 3.05) is 53.0 Å². The van der Waals surface area contributed by atoms with Crippen molar-refractivity contribution in [1.82, 2.24) is 14.7 Å². The Bertz CT molecular complexity index is 612. The molecule has 3 aliphatic rings. The Balaban J connectivity index is 1.42. The predicted molar refractivity (Wildman–Crippen MR) is 108 cm³/mol. The molecule has 27 heavy (non-hydrogen) atoms. The topological polar surface area (TPSA) is 28.2 Å². The van der Waals surface area contributed by atoms with Gasteiger partial charge in [-0.2, -0.15) is 0 Å². The summed E-state index contributed by atoms with van der Waals surface area (Å²) < 4.78 is 10.9. The molecule has 0 bridgehead atoms. The molecular weight excluding hydrogens is 338 g/mol. The summed E-state index contributed by atoms with van der Waals surface area (Å²) in [6, 6.07) is 9.90. The average molecular weight is 374 g/mol. The first-order chi connectivity index (χ1) is 13.0. The summed E-state index contributed by atoms with van der Waals surface area (Å²) in [5.74, 6) is 0.934. The van der Waals surface area contributed by atoms with Crippen molar-refractivity contribution >= 4 is 0 Å². The standard InChI is InChI=1S/C22H35N3O2/c1-22(2)17-23(14-18-4-6-21(26-3)7-5-18)15-20-16-24(10-11-25(20)22)19-8-12-27-13-9-19/h4-7,19-20H,8-17H2,1-3H3/t20-/m1/s1. The fourth-order valence-electron chi connectivity index (χ4n) is 5.32. The minimum atomic E-state index is 0.233. The van der Waals surface area contributed by atoms with E-state index in [4.69, 9.17) is 9.47 Å². The van der Waals surface area contributed by atoms with Crippen LogP contribution in [0.3, 0.4) is 0 Å². The Morgan fingerprint density at radius 2 is 1.78 bits per heavy atom. The van der Waals surface area contributed by atoms with Crippen LogP contribution in [0.2, 0.25) is 0 Å². The molecule has 0 N–H and O–H groups in total. The quantitative estimate of drug-likeness (QED) is 0.808. The van der Waals surface area contributed by atoms with Gasteiger partial charge in [-0.1, -0.05) is 12.1 Å². The molecule has 5 heteroatoms. The normalized spacial score (nSPS) is 28.0. The number of piperazine rings is 2. The van der Waals surface area contributed by atoms with E-state index in [-0.39, 0.29) is 5.54 Å². The molecule has 1 aromatic rings. The zero-order chi connectivity index (χ0) is 18.9. The molecule has 150 valence electrons. The Morgan fingerprint density at radius 3 is 2.48 bits per heavy atom. The molecule has 0 aromatic heterocycles. The molecule has 3 fully saturated rings. The van der Waals surface area contributed by atoms with Gasteiger partial charge in [-0.25, -0.2) is 0 Å². The number of hydrogen-bond donors (Lipinski definition) is 0. The first-order valence-electron chi connectivity index (χ1n) is 10.5. The molecule has 1 aromatic carbocycles. The van der Waals surface area contributed by atoms with Gasteiger partial charge in [-0.15, -0.1) is 0 Å². The molecule has 4 rings (SSSR count). The maximum absolute atomic E-state index is 5.58. The van der Waals surface area contributed by atoms with Crippen molar-refractivity contribution in [3.05, 3.63) is 29.8 Å². The number of rotatable bonds is 4. The van der Waals surface area contributed by atoms with Crippen molar-refractivity contribution in [3.8, 4) is 5.75 Å². The Kier molecular flexibility index (Phi) is 5.74. The number of benzene rings is 1. The Hall–Kier alpha value is -1.14. The van der Waals surface area contributed by atoms with E-state index in [0.29, 0.717) is 6.04 Å². The monoisotopic (exact) mass is 373 g/mol. The number of fused-ring (bicyclic) bond motifs is 1. The fraction of sp³-hybridized carbons (Fsp3) is 0.727. The SMILES string of the molecule is COc1ccc(CN2C[C@@H]3CN(C4CCOCC4)CCN3C(C)(C)C2)cc1. The molecule has 0 saturated carbocycles. The highest BCUT2D eigenvalue weighted by Crippen LogP contribution is 2.30. The fourth-order valence-corrected chi connectivity index (χ4v) is 5.32. The second-order valence-electron chi connectivity index (χ2n) is 9.02. The van der Waals surface area contributed by atoms with Crippen LogP contribution in [0, 0.1) is 0 Å². The molecule has 3 aliphatic heterocycles. The van der Waals surface area contributed by atoms with Crippen molar-refractivity contribution in [2.24, 2.45) is 0 Å². The van der Waals surface area contributed by atoms with Gasteiger partial charge in [0.05, 0.1) is 7.11 Å². The zero-order valence-electron chi connectivity index (χ0n) is 17.2. The number of methoxy groups -OCH3 is 1. The minimum absolute atomic E-state index is 0.233. The predicted octanol–water partition coefficient (Wildman–Crippen LogP) is 2.45. The Labute approximate surface area is 164 Å². The highest BCUT2D eigenvalue weighted by molar-refractivity contribution is 5.27. The average Bonchev–Trinajstić information content (AvgIpc) is 2.68. The third kappa shape index (κ3) is 4.32. The van der Waals surface area contributed by atoms with E-state index in [1.807, 2.05) is 0 Å². The molecule has 0 spiro atoms. The molecule has 1 atom stereocenters. The number of hydrogen-bond acceptors (Lipinski definition) is 5. The van der Waals surface area contributed by atoms with Gasteiger partial charge < -0.3 is 9.47 Å². The summed E-state index contributed by atoms with van der Waals surface area (Å²) in [5, 5.41) is 0. The van der Waals surface area contributed by atoms with E-state index in [2.05, 4.69) is 52.8 Å². The molecule has 0 amide bonds. The van der Waals surface area contributed by atoms with Gasteiger partial charge >= 0.3 is 0 Å². The largest absolute Gasteiger partial charge is 0.497 e. The lowest BCUT2D eigenvalue weighted by Crippen LogP contribution is -2.70. The molecule has 0 aliphatic carbocycles. The maximum Gasteiger partial charge on any atom is 0.118 e. The van der Waals surface area contributed by atoms with Crippen molar-refractivity contribution < 1.29 is 9.47 Å². The van der Waals surface area contributed by atoms with Crippen molar-refractivity contribution in [3.63, 3.8) is 0 Å². The van der Waals surface area contributed by atoms with Crippen LogP contribution in [0.5, 0.6) is 5.75 Å². The van der Waals surface area contributed by atoms with Gasteiger partial charge in [0.25, 0.3) is 0 Å². The van der Waals surface area contributed by atoms with Crippen molar-refractivity contribution in [2.45, 2.75) is 50.9 Å². The third-order valence-corrected chi connectivity index (χ3v) is 6.64. The summed E-state index contributed by atoms with van der Waals surface area (Å²) >= 11 is 0. The van der Waals surface area contributed by atoms with E-state index in [1.165, 1.54) is 38.0 Å². The van der Waals surface area contributed by atoms with E-state index in [0.717, 1.165) is 44.6 Å². The van der Waals surface area contributed by atoms with Gasteiger partial charge in [-0.05, 0) is 44.4 Å². The van der Waals surface area contributed by atoms with Crippen molar-refractivity contribution in [1.29, 1.82) is 0 Å². The molecular formula is C22H35N3O2. The summed E-state index contributed by atoms with van der Waals surface area (Å²) in [7, 11) is 1.73. The van der Waals surface area contributed by atoms with Crippen LogP contribution in [0.1, 0.15) is 32.3 Å². The molecule has 0 unspecified atom stereocenters. The van der Waals surface area contributed by atoms with Crippen LogP contribution >= 0.6 is 0 Å². The lowest BCUT2D eigenvalue weighted by molar-refractivity contribution is -0.0834. The van der Waals surface area contributed by atoms with Gasteiger partial charge in [0.15, 0.2) is 0 Å². The zero-order valence-corrected chi connectivity index (χ0v) is 17.2. The van der Waals surface area contributed by atoms with Crippen LogP contribution < -0.4 is 4.74 Å². The lowest BCUT2D eigenvalue weighted by Gasteiger charge is -2.56. The Morgan fingerprint density at radius 1 is 1.04 bits per heavy atom. The highest BCUT2D eigenvalue weighted by atomic mass is 16.5. The minimum Gasteiger partial charge on any atom is -0.497 e. The highest BCUT2D eigenvalue weighted by Gasteiger charge is 2.43. The number of nitrogens with zero attached hydrogens (tertiary/aromatic N) is 3. The molecule has 3 heterocycles. The second kappa shape index (κ2) is 8.08.